The molecule has 6 heteroatoms. The highest BCUT2D eigenvalue weighted by molar-refractivity contribution is 6.09. The molecular weight excluding hydrogens is 330 g/mol. The number of imide groups is 1. The fourth-order valence-corrected chi connectivity index (χ4v) is 3.89. The van der Waals surface area contributed by atoms with Crippen LogP contribution in [0.2, 0.25) is 0 Å². The van der Waals surface area contributed by atoms with Crippen molar-refractivity contribution in [3.05, 3.63) is 34.9 Å². The molecule has 2 atom stereocenters. The SMILES string of the molecule is CCC[C@H](C)NC(=O)CN1C(=O)N[C@](C)(c2ccc3c(c2)CCC3)C1=O. The lowest BCUT2D eigenvalue weighted by Crippen LogP contribution is -2.45. The lowest BCUT2D eigenvalue weighted by Gasteiger charge is -2.23. The Morgan fingerprint density at radius 2 is 2.04 bits per heavy atom. The summed E-state index contributed by atoms with van der Waals surface area (Å²) >= 11 is 0. The first kappa shape index (κ1) is 18.4. The van der Waals surface area contributed by atoms with Crippen LogP contribution in [0.5, 0.6) is 0 Å². The van der Waals surface area contributed by atoms with Crippen molar-refractivity contribution < 1.29 is 14.4 Å². The zero-order valence-electron chi connectivity index (χ0n) is 15.7. The first-order chi connectivity index (χ1) is 12.3. The van der Waals surface area contributed by atoms with Gasteiger partial charge in [-0.3, -0.25) is 14.5 Å². The van der Waals surface area contributed by atoms with Gasteiger partial charge in [0.1, 0.15) is 12.1 Å². The quantitative estimate of drug-likeness (QED) is 0.767. The number of aryl methyl sites for hydroxylation is 2. The maximum Gasteiger partial charge on any atom is 0.325 e. The molecule has 26 heavy (non-hydrogen) atoms. The fourth-order valence-electron chi connectivity index (χ4n) is 3.89. The lowest BCUT2D eigenvalue weighted by molar-refractivity contribution is -0.135. The number of fused-ring (bicyclic) bond motifs is 1. The minimum atomic E-state index is -1.12. The Balaban J connectivity index is 1.74. The van der Waals surface area contributed by atoms with Gasteiger partial charge in [0, 0.05) is 6.04 Å². The van der Waals surface area contributed by atoms with Crippen LogP contribution in [-0.4, -0.2) is 35.3 Å². The van der Waals surface area contributed by atoms with Gasteiger partial charge in [0.2, 0.25) is 5.91 Å². The Labute approximate surface area is 154 Å². The van der Waals surface area contributed by atoms with E-state index < -0.39 is 11.6 Å². The van der Waals surface area contributed by atoms with E-state index in [4.69, 9.17) is 0 Å². The predicted octanol–water partition coefficient (Wildman–Crippen LogP) is 2.25. The van der Waals surface area contributed by atoms with Gasteiger partial charge in [0.15, 0.2) is 0 Å². The Kier molecular flexibility index (Phi) is 5.03. The van der Waals surface area contributed by atoms with E-state index in [0.717, 1.165) is 42.6 Å². The smallest absolute Gasteiger partial charge is 0.325 e. The fraction of sp³-hybridized carbons (Fsp3) is 0.550. The first-order valence-electron chi connectivity index (χ1n) is 9.41. The van der Waals surface area contributed by atoms with Crippen molar-refractivity contribution in [2.24, 2.45) is 0 Å². The molecule has 140 valence electrons. The second kappa shape index (κ2) is 7.09. The van der Waals surface area contributed by atoms with Gasteiger partial charge in [0.25, 0.3) is 5.91 Å². The summed E-state index contributed by atoms with van der Waals surface area (Å²) in [5.74, 6) is -0.689. The number of nitrogens with one attached hydrogen (secondary N) is 2. The maximum absolute atomic E-state index is 12.9. The molecule has 1 aliphatic heterocycles. The van der Waals surface area contributed by atoms with Gasteiger partial charge in [-0.2, -0.15) is 0 Å². The van der Waals surface area contributed by atoms with Crippen LogP contribution in [0.15, 0.2) is 18.2 Å². The largest absolute Gasteiger partial charge is 0.352 e. The van der Waals surface area contributed by atoms with Crippen molar-refractivity contribution in [2.75, 3.05) is 6.54 Å². The summed E-state index contributed by atoms with van der Waals surface area (Å²) in [6.45, 7) is 5.42. The number of nitrogens with zero attached hydrogens (tertiary/aromatic N) is 1. The zero-order chi connectivity index (χ0) is 18.9. The van der Waals surface area contributed by atoms with E-state index >= 15 is 0 Å². The van der Waals surface area contributed by atoms with Crippen molar-refractivity contribution in [1.82, 2.24) is 15.5 Å². The molecule has 1 aromatic carbocycles. The number of hydrogen-bond acceptors (Lipinski definition) is 3. The van der Waals surface area contributed by atoms with E-state index in [1.54, 1.807) is 6.92 Å². The van der Waals surface area contributed by atoms with Gasteiger partial charge in [-0.1, -0.05) is 31.5 Å². The molecule has 4 amide bonds. The average Bonchev–Trinajstić information content (AvgIpc) is 3.13. The van der Waals surface area contributed by atoms with Crippen LogP contribution in [0.1, 0.15) is 56.7 Å². The molecule has 1 aliphatic carbocycles. The highest BCUT2D eigenvalue weighted by Crippen LogP contribution is 2.32. The van der Waals surface area contributed by atoms with Crippen molar-refractivity contribution in [3.63, 3.8) is 0 Å². The van der Waals surface area contributed by atoms with Crippen LogP contribution in [0.25, 0.3) is 0 Å². The van der Waals surface area contributed by atoms with E-state index in [9.17, 15) is 14.4 Å². The second-order valence-corrected chi connectivity index (χ2v) is 7.54. The molecular formula is C20H27N3O3. The lowest BCUT2D eigenvalue weighted by atomic mass is 9.89. The van der Waals surface area contributed by atoms with Crippen LogP contribution < -0.4 is 10.6 Å². The third-order valence-corrected chi connectivity index (χ3v) is 5.38. The summed E-state index contributed by atoms with van der Waals surface area (Å²) in [4.78, 5) is 38.5. The van der Waals surface area contributed by atoms with Crippen molar-refractivity contribution in [1.29, 1.82) is 0 Å². The molecule has 2 aliphatic rings. The minimum absolute atomic E-state index is 0.0244. The highest BCUT2D eigenvalue weighted by atomic mass is 16.2. The first-order valence-corrected chi connectivity index (χ1v) is 9.41. The molecule has 0 aromatic heterocycles. The summed E-state index contributed by atoms with van der Waals surface area (Å²) < 4.78 is 0. The topological polar surface area (TPSA) is 78.5 Å². The van der Waals surface area contributed by atoms with Gasteiger partial charge in [0.05, 0.1) is 0 Å². The standard InChI is InChI=1S/C20H27N3O3/c1-4-6-13(2)21-17(24)12-23-18(25)20(3,22-19(23)26)16-10-9-14-7-5-8-15(14)11-16/h9-11,13H,4-8,12H2,1-3H3,(H,21,24)(H,22,26)/t13-,20+/m0/s1. The Hall–Kier alpha value is -2.37. The molecule has 2 N–H and O–H groups in total. The molecule has 1 fully saturated rings. The number of benzene rings is 1. The summed E-state index contributed by atoms with van der Waals surface area (Å²) in [5, 5.41) is 5.62. The molecule has 6 nitrogen and oxygen atoms in total. The van der Waals surface area contributed by atoms with Gasteiger partial charge >= 0.3 is 6.03 Å². The van der Waals surface area contributed by atoms with Gasteiger partial charge in [-0.05, 0) is 56.2 Å². The van der Waals surface area contributed by atoms with E-state index in [-0.39, 0.29) is 24.4 Å². The minimum Gasteiger partial charge on any atom is -0.352 e. The second-order valence-electron chi connectivity index (χ2n) is 7.54. The van der Waals surface area contributed by atoms with Crippen molar-refractivity contribution in [3.8, 4) is 0 Å². The predicted molar refractivity (Wildman–Crippen MR) is 98.6 cm³/mol. The molecule has 0 unspecified atom stereocenters. The molecule has 3 rings (SSSR count). The number of carbonyl (C=O) groups is 3. The van der Waals surface area contributed by atoms with E-state index in [1.807, 2.05) is 32.0 Å². The zero-order valence-corrected chi connectivity index (χ0v) is 15.7. The van der Waals surface area contributed by atoms with E-state index in [0.29, 0.717) is 0 Å². The van der Waals surface area contributed by atoms with Crippen LogP contribution >= 0.6 is 0 Å². The number of amides is 4. The van der Waals surface area contributed by atoms with Crippen LogP contribution in [0.3, 0.4) is 0 Å². The molecule has 1 aromatic rings. The number of rotatable bonds is 6. The summed E-state index contributed by atoms with van der Waals surface area (Å²) in [7, 11) is 0. The molecule has 0 radical (unpaired) electrons. The molecule has 1 heterocycles. The highest BCUT2D eigenvalue weighted by Gasteiger charge is 2.49. The third-order valence-electron chi connectivity index (χ3n) is 5.38. The third kappa shape index (κ3) is 3.32. The van der Waals surface area contributed by atoms with Gasteiger partial charge in [-0.15, -0.1) is 0 Å². The van der Waals surface area contributed by atoms with Crippen LogP contribution in [0, 0.1) is 0 Å². The van der Waals surface area contributed by atoms with Crippen LogP contribution in [0.4, 0.5) is 4.79 Å². The molecule has 0 saturated carbocycles. The van der Waals surface area contributed by atoms with Crippen LogP contribution in [-0.2, 0) is 28.0 Å². The summed E-state index contributed by atoms with van der Waals surface area (Å²) in [6.07, 6.45) is 5.01. The maximum atomic E-state index is 12.9. The van der Waals surface area contributed by atoms with E-state index in [1.165, 1.54) is 11.1 Å². The Morgan fingerprint density at radius 3 is 2.77 bits per heavy atom. The normalized spacial score (nSPS) is 23.0. The molecule has 1 saturated heterocycles. The monoisotopic (exact) mass is 357 g/mol. The summed E-state index contributed by atoms with van der Waals surface area (Å²) in [6, 6.07) is 5.49. The Morgan fingerprint density at radius 1 is 1.31 bits per heavy atom. The number of urea groups is 1. The molecule has 0 bridgehead atoms. The van der Waals surface area contributed by atoms with Gasteiger partial charge < -0.3 is 10.6 Å². The average molecular weight is 357 g/mol. The number of hydrogen-bond donors (Lipinski definition) is 2. The Bertz CT molecular complexity index is 746. The molecule has 0 spiro atoms. The van der Waals surface area contributed by atoms with Crippen molar-refractivity contribution >= 4 is 17.8 Å². The summed E-state index contributed by atoms with van der Waals surface area (Å²) in [5.41, 5.74) is 2.22. The number of carbonyl (C=O) groups excluding carboxylic acids is 3. The van der Waals surface area contributed by atoms with E-state index in [2.05, 4.69) is 10.6 Å². The van der Waals surface area contributed by atoms with Gasteiger partial charge in [-0.25, -0.2) is 4.79 Å². The van der Waals surface area contributed by atoms with Crippen molar-refractivity contribution in [2.45, 2.75) is 64.5 Å².